The van der Waals surface area contributed by atoms with Crippen LogP contribution in [0.15, 0.2) is 70.9 Å². The Kier molecular flexibility index (Phi) is 2.22. The molecule has 0 spiro atoms. The zero-order chi connectivity index (χ0) is 13.6. The first-order chi connectivity index (χ1) is 9.03. The van der Waals surface area contributed by atoms with Crippen molar-refractivity contribution in [3.8, 4) is 0 Å². The van der Waals surface area contributed by atoms with Gasteiger partial charge >= 0.3 is 11.9 Å². The van der Waals surface area contributed by atoms with Crippen molar-refractivity contribution in [1.29, 1.82) is 0 Å². The first kappa shape index (κ1) is 11.5. The van der Waals surface area contributed by atoms with Gasteiger partial charge in [0.2, 0.25) is 0 Å². The molecule has 3 aliphatic carbocycles. The van der Waals surface area contributed by atoms with E-state index in [1.807, 2.05) is 18.2 Å². The van der Waals surface area contributed by atoms with Gasteiger partial charge in [-0.1, -0.05) is 30.4 Å². The second-order valence-corrected chi connectivity index (χ2v) is 4.59. The van der Waals surface area contributed by atoms with E-state index in [0.717, 1.165) is 11.1 Å². The smallest absolute Gasteiger partial charge is 0.335 e. The molecule has 3 aliphatic rings. The van der Waals surface area contributed by atoms with E-state index in [2.05, 4.69) is 0 Å². The van der Waals surface area contributed by atoms with E-state index in [0.29, 0.717) is 5.57 Å². The highest BCUT2D eigenvalue weighted by Crippen LogP contribution is 2.44. The van der Waals surface area contributed by atoms with Crippen LogP contribution >= 0.6 is 0 Å². The maximum Gasteiger partial charge on any atom is 0.335 e. The molecular weight excluding hydrogens is 244 g/mol. The third kappa shape index (κ3) is 1.53. The predicted molar refractivity (Wildman–Crippen MR) is 68.3 cm³/mol. The van der Waals surface area contributed by atoms with Crippen LogP contribution < -0.4 is 0 Å². The van der Waals surface area contributed by atoms with E-state index in [1.165, 1.54) is 12.2 Å². The van der Waals surface area contributed by atoms with Crippen molar-refractivity contribution in [3.63, 3.8) is 0 Å². The summed E-state index contributed by atoms with van der Waals surface area (Å²) in [5.74, 6) is -2.20. The topological polar surface area (TPSA) is 74.6 Å². The fraction of sp³-hybridized carbons (Fsp3) is 0.0667. The summed E-state index contributed by atoms with van der Waals surface area (Å²) in [6.45, 7) is 0. The molecule has 94 valence electrons. The molecule has 1 unspecified atom stereocenters. The molecule has 0 aromatic rings. The molecule has 19 heavy (non-hydrogen) atoms. The normalized spacial score (nSPS) is 26.7. The summed E-state index contributed by atoms with van der Waals surface area (Å²) in [5.41, 5.74) is 0.935. The van der Waals surface area contributed by atoms with Gasteiger partial charge in [0.05, 0.1) is 5.57 Å². The average Bonchev–Trinajstić information content (AvgIpc) is 2.81. The molecule has 2 N–H and O–H groups in total. The summed E-state index contributed by atoms with van der Waals surface area (Å²) in [6, 6.07) is 0. The molecule has 0 aromatic carbocycles. The van der Waals surface area contributed by atoms with Gasteiger partial charge in [-0.15, -0.1) is 0 Å². The Balaban J connectivity index is 2.23. The van der Waals surface area contributed by atoms with E-state index in [-0.39, 0.29) is 5.57 Å². The van der Waals surface area contributed by atoms with Gasteiger partial charge in [-0.3, -0.25) is 4.79 Å². The minimum atomic E-state index is -1.39. The van der Waals surface area contributed by atoms with Crippen LogP contribution in [0.3, 0.4) is 0 Å². The fourth-order valence-electron chi connectivity index (χ4n) is 2.49. The van der Waals surface area contributed by atoms with Gasteiger partial charge in [-0.25, -0.2) is 4.79 Å². The first-order valence-electron chi connectivity index (χ1n) is 5.74. The molecule has 1 atom stereocenters. The molecule has 0 saturated heterocycles. The minimum absolute atomic E-state index is 0.00851. The van der Waals surface area contributed by atoms with Crippen molar-refractivity contribution in [2.45, 2.75) is 0 Å². The Bertz CT molecular complexity index is 683. The van der Waals surface area contributed by atoms with Gasteiger partial charge in [-0.05, 0) is 34.9 Å². The van der Waals surface area contributed by atoms with E-state index in [4.69, 9.17) is 5.11 Å². The molecule has 4 heteroatoms. The Hall–Kier alpha value is -2.62. The number of rotatable bonds is 2. The lowest BCUT2D eigenvalue weighted by molar-refractivity contribution is -0.142. The van der Waals surface area contributed by atoms with Gasteiger partial charge in [-0.2, -0.15) is 0 Å². The summed E-state index contributed by atoms with van der Waals surface area (Å²) >= 11 is 0. The molecular formula is C15H10O4. The lowest BCUT2D eigenvalue weighted by Crippen LogP contribution is -2.33. The van der Waals surface area contributed by atoms with Crippen molar-refractivity contribution >= 4 is 11.9 Å². The van der Waals surface area contributed by atoms with Crippen LogP contribution in [0.4, 0.5) is 0 Å². The third-order valence-corrected chi connectivity index (χ3v) is 3.48. The van der Waals surface area contributed by atoms with Crippen molar-refractivity contribution in [3.05, 3.63) is 70.9 Å². The summed E-state index contributed by atoms with van der Waals surface area (Å²) < 4.78 is 0. The van der Waals surface area contributed by atoms with E-state index in [9.17, 15) is 14.7 Å². The molecule has 0 amide bonds. The number of allylic oxidation sites excluding steroid dienone is 7. The second-order valence-electron chi connectivity index (χ2n) is 4.59. The number of carbonyl (C=O) groups is 2. The molecule has 0 saturated carbocycles. The maximum atomic E-state index is 11.7. The molecule has 4 nitrogen and oxygen atoms in total. The van der Waals surface area contributed by atoms with Crippen LogP contribution in [0.1, 0.15) is 0 Å². The van der Waals surface area contributed by atoms with Crippen molar-refractivity contribution in [2.24, 2.45) is 5.41 Å². The number of fused-ring (bicyclic) bond motifs is 2. The second kappa shape index (κ2) is 3.68. The van der Waals surface area contributed by atoms with Crippen LogP contribution in [-0.4, -0.2) is 22.2 Å². The Morgan fingerprint density at radius 3 is 2.47 bits per heavy atom. The number of aliphatic carboxylic acids is 2. The van der Waals surface area contributed by atoms with E-state index < -0.39 is 17.4 Å². The molecule has 0 fully saturated rings. The lowest BCUT2D eigenvalue weighted by atomic mass is 9.70. The highest BCUT2D eigenvalue weighted by atomic mass is 16.4. The van der Waals surface area contributed by atoms with Crippen LogP contribution in [0.2, 0.25) is 0 Å². The first-order valence-corrected chi connectivity index (χ1v) is 5.74. The fourth-order valence-corrected chi connectivity index (χ4v) is 2.49. The summed E-state index contributed by atoms with van der Waals surface area (Å²) in [6.07, 6.45) is 13.2. The van der Waals surface area contributed by atoms with Crippen molar-refractivity contribution < 1.29 is 19.8 Å². The number of carboxylic acids is 2. The third-order valence-electron chi connectivity index (χ3n) is 3.48. The van der Waals surface area contributed by atoms with Gasteiger partial charge in [0.25, 0.3) is 0 Å². The van der Waals surface area contributed by atoms with Crippen LogP contribution in [0, 0.1) is 5.41 Å². The lowest BCUT2D eigenvalue weighted by Gasteiger charge is -2.31. The largest absolute Gasteiger partial charge is 0.480 e. The monoisotopic (exact) mass is 254 g/mol. The molecule has 0 heterocycles. The number of carboxylic acid groups (broad SMARTS) is 2. The zero-order valence-corrected chi connectivity index (χ0v) is 9.83. The SMILES string of the molecule is O=C(O)C1=CC2(C(=O)O)C=C3C=CC=C3C=C2C=C1. The van der Waals surface area contributed by atoms with Crippen molar-refractivity contribution in [2.75, 3.05) is 0 Å². The highest BCUT2D eigenvalue weighted by molar-refractivity contribution is 5.96. The molecule has 0 radical (unpaired) electrons. The van der Waals surface area contributed by atoms with Gasteiger partial charge in [0.15, 0.2) is 0 Å². The zero-order valence-electron chi connectivity index (χ0n) is 9.83. The Labute approximate surface area is 109 Å². The van der Waals surface area contributed by atoms with Crippen LogP contribution in [0.5, 0.6) is 0 Å². The van der Waals surface area contributed by atoms with Crippen molar-refractivity contribution in [1.82, 2.24) is 0 Å². The predicted octanol–water partition coefficient (Wildman–Crippen LogP) is 2.00. The summed E-state index contributed by atoms with van der Waals surface area (Å²) in [5, 5.41) is 18.6. The van der Waals surface area contributed by atoms with E-state index in [1.54, 1.807) is 18.2 Å². The summed E-state index contributed by atoms with van der Waals surface area (Å²) in [7, 11) is 0. The maximum absolute atomic E-state index is 11.7. The number of hydrogen-bond donors (Lipinski definition) is 2. The van der Waals surface area contributed by atoms with Crippen LogP contribution in [0.25, 0.3) is 0 Å². The van der Waals surface area contributed by atoms with Crippen LogP contribution in [-0.2, 0) is 9.59 Å². The summed E-state index contributed by atoms with van der Waals surface area (Å²) in [4.78, 5) is 22.7. The molecule has 0 bridgehead atoms. The molecule has 0 aromatic heterocycles. The quantitative estimate of drug-likeness (QED) is 0.790. The molecule has 3 rings (SSSR count). The highest BCUT2D eigenvalue weighted by Gasteiger charge is 2.42. The van der Waals surface area contributed by atoms with Gasteiger partial charge in [0.1, 0.15) is 5.41 Å². The minimum Gasteiger partial charge on any atom is -0.480 e. The Morgan fingerprint density at radius 2 is 1.79 bits per heavy atom. The average molecular weight is 254 g/mol. The standard InChI is InChI=1S/C15H10O4/c16-13(17)11-4-5-12-6-9-2-1-3-10(9)7-15(12,8-11)14(18)19/h1-8H,(H,16,17)(H,18,19). The number of hydrogen-bond acceptors (Lipinski definition) is 2. The molecule has 0 aliphatic heterocycles. The Morgan fingerprint density at radius 1 is 1.00 bits per heavy atom. The van der Waals surface area contributed by atoms with Gasteiger partial charge in [0, 0.05) is 0 Å². The van der Waals surface area contributed by atoms with E-state index >= 15 is 0 Å². The van der Waals surface area contributed by atoms with Gasteiger partial charge < -0.3 is 10.2 Å².